The maximum Gasteiger partial charge on any atom is 0.0570 e. The Morgan fingerprint density at radius 1 is 1.10 bits per heavy atom. The predicted octanol–water partition coefficient (Wildman–Crippen LogP) is 5.84. The summed E-state index contributed by atoms with van der Waals surface area (Å²) in [7, 11) is 0. The molecule has 0 saturated carbocycles. The molecular weight excluding hydrogens is 262 g/mol. The van der Waals surface area contributed by atoms with Gasteiger partial charge in [-0.1, -0.05) is 69.5 Å². The van der Waals surface area contributed by atoms with Gasteiger partial charge in [0.25, 0.3) is 0 Å². The molecule has 102 valence electrons. The minimum absolute atomic E-state index is 0.115. The van der Waals surface area contributed by atoms with Gasteiger partial charge in [0.05, 0.1) is 11.4 Å². The number of hydrogen-bond donors (Lipinski definition) is 1. The third kappa shape index (κ3) is 2.14. The van der Waals surface area contributed by atoms with Crippen LogP contribution in [0.4, 0.5) is 11.4 Å². The summed E-state index contributed by atoms with van der Waals surface area (Å²) in [5, 5.41) is 3.62. The topological polar surface area (TPSA) is 12.0 Å². The summed E-state index contributed by atoms with van der Waals surface area (Å²) >= 11 is 1.83. The van der Waals surface area contributed by atoms with Crippen molar-refractivity contribution >= 4 is 29.2 Å². The maximum atomic E-state index is 3.95. The lowest BCUT2D eigenvalue weighted by Crippen LogP contribution is -2.16. The molecule has 0 atom stereocenters. The SMILES string of the molecule is C=Cc1ccc(C(C)(C)C)c2c1Sc1ccccc1N2. The Morgan fingerprint density at radius 3 is 2.55 bits per heavy atom. The first kappa shape index (κ1) is 13.3. The minimum atomic E-state index is 0.115. The van der Waals surface area contributed by atoms with E-state index < -0.39 is 0 Å². The normalized spacial score (nSPS) is 13.2. The Balaban J connectivity index is 2.22. The van der Waals surface area contributed by atoms with Crippen molar-refractivity contribution in [3.8, 4) is 0 Å². The highest BCUT2D eigenvalue weighted by Crippen LogP contribution is 2.49. The average molecular weight is 281 g/mol. The largest absolute Gasteiger partial charge is 0.353 e. The molecule has 3 rings (SSSR count). The Bertz CT molecular complexity index is 680. The second-order valence-corrected chi connectivity index (χ2v) is 7.14. The predicted molar refractivity (Wildman–Crippen MR) is 89.1 cm³/mol. The van der Waals surface area contributed by atoms with Crippen molar-refractivity contribution in [3.05, 3.63) is 54.1 Å². The van der Waals surface area contributed by atoms with Gasteiger partial charge in [0.1, 0.15) is 0 Å². The van der Waals surface area contributed by atoms with Crippen molar-refractivity contribution in [2.24, 2.45) is 0 Å². The van der Waals surface area contributed by atoms with Gasteiger partial charge in [-0.3, -0.25) is 0 Å². The maximum absolute atomic E-state index is 3.95. The molecule has 2 aromatic carbocycles. The van der Waals surface area contributed by atoms with Crippen LogP contribution in [0.25, 0.3) is 6.08 Å². The number of para-hydroxylation sites is 1. The molecular formula is C18H19NS. The van der Waals surface area contributed by atoms with Crippen LogP contribution in [0.5, 0.6) is 0 Å². The molecule has 1 aliphatic rings. The molecule has 0 spiro atoms. The molecule has 0 aliphatic carbocycles. The smallest absolute Gasteiger partial charge is 0.0570 e. The van der Waals surface area contributed by atoms with Gasteiger partial charge in [-0.15, -0.1) is 0 Å². The summed E-state index contributed by atoms with van der Waals surface area (Å²) in [5.74, 6) is 0. The third-order valence-electron chi connectivity index (χ3n) is 3.57. The highest BCUT2D eigenvalue weighted by molar-refractivity contribution is 7.99. The molecule has 1 nitrogen and oxygen atoms in total. The molecule has 1 aliphatic heterocycles. The molecule has 0 fully saturated rings. The number of nitrogens with one attached hydrogen (secondary N) is 1. The monoisotopic (exact) mass is 281 g/mol. The van der Waals surface area contributed by atoms with Crippen LogP contribution in [0.2, 0.25) is 0 Å². The van der Waals surface area contributed by atoms with Crippen molar-refractivity contribution in [1.82, 2.24) is 0 Å². The molecule has 0 amide bonds. The van der Waals surface area contributed by atoms with Crippen LogP contribution in [0.1, 0.15) is 31.9 Å². The lowest BCUT2D eigenvalue weighted by Gasteiger charge is -2.30. The number of fused-ring (bicyclic) bond motifs is 2. The Kier molecular flexibility index (Phi) is 3.14. The highest BCUT2D eigenvalue weighted by Gasteiger charge is 2.25. The fourth-order valence-electron chi connectivity index (χ4n) is 2.52. The molecule has 1 N–H and O–H groups in total. The quantitative estimate of drug-likeness (QED) is 0.601. The van der Waals surface area contributed by atoms with E-state index in [4.69, 9.17) is 0 Å². The van der Waals surface area contributed by atoms with Crippen molar-refractivity contribution < 1.29 is 0 Å². The molecule has 1 heterocycles. The standard InChI is InChI=1S/C18H19NS/c1-5-12-10-11-13(18(2,3)4)16-17(12)20-15-9-7-6-8-14(15)19-16/h5-11,19H,1H2,2-4H3. The van der Waals surface area contributed by atoms with E-state index >= 15 is 0 Å². The van der Waals surface area contributed by atoms with Gasteiger partial charge in [0, 0.05) is 9.79 Å². The summed E-state index contributed by atoms with van der Waals surface area (Å²) in [5.41, 5.74) is 5.08. The summed E-state index contributed by atoms with van der Waals surface area (Å²) in [4.78, 5) is 2.56. The molecule has 0 aromatic heterocycles. The third-order valence-corrected chi connectivity index (χ3v) is 4.79. The molecule has 0 bridgehead atoms. The minimum Gasteiger partial charge on any atom is -0.353 e. The summed E-state index contributed by atoms with van der Waals surface area (Å²) in [6, 6.07) is 12.8. The number of anilines is 2. The number of benzene rings is 2. The zero-order valence-corrected chi connectivity index (χ0v) is 13.0. The Hall–Kier alpha value is -1.67. The molecule has 0 saturated heterocycles. The van der Waals surface area contributed by atoms with Crippen LogP contribution < -0.4 is 5.32 Å². The van der Waals surface area contributed by atoms with Crippen LogP contribution >= 0.6 is 11.8 Å². The molecule has 2 aromatic rings. The average Bonchev–Trinajstić information content (AvgIpc) is 2.42. The summed E-state index contributed by atoms with van der Waals surface area (Å²) in [6.07, 6.45) is 1.94. The van der Waals surface area contributed by atoms with Crippen LogP contribution in [0.3, 0.4) is 0 Å². The Labute approximate surface area is 125 Å². The lowest BCUT2D eigenvalue weighted by atomic mass is 9.85. The van der Waals surface area contributed by atoms with Gasteiger partial charge < -0.3 is 5.32 Å². The van der Waals surface area contributed by atoms with Crippen molar-refractivity contribution in [2.75, 3.05) is 5.32 Å². The van der Waals surface area contributed by atoms with Gasteiger partial charge in [-0.25, -0.2) is 0 Å². The number of hydrogen-bond acceptors (Lipinski definition) is 2. The fourth-order valence-corrected chi connectivity index (χ4v) is 3.65. The van der Waals surface area contributed by atoms with E-state index in [1.54, 1.807) is 0 Å². The van der Waals surface area contributed by atoms with E-state index in [9.17, 15) is 0 Å². The molecule has 2 heteroatoms. The van der Waals surface area contributed by atoms with Crippen molar-refractivity contribution in [1.29, 1.82) is 0 Å². The van der Waals surface area contributed by atoms with Gasteiger partial charge in [-0.05, 0) is 28.7 Å². The van der Waals surface area contributed by atoms with E-state index in [0.29, 0.717) is 0 Å². The van der Waals surface area contributed by atoms with E-state index in [-0.39, 0.29) is 5.41 Å². The molecule has 0 unspecified atom stereocenters. The first-order valence-corrected chi connectivity index (χ1v) is 7.66. The van der Waals surface area contributed by atoms with Crippen molar-refractivity contribution in [2.45, 2.75) is 36.0 Å². The van der Waals surface area contributed by atoms with Gasteiger partial charge in [0.2, 0.25) is 0 Å². The second kappa shape index (κ2) is 4.71. The first-order valence-electron chi connectivity index (χ1n) is 6.84. The van der Waals surface area contributed by atoms with E-state index in [0.717, 1.165) is 0 Å². The summed E-state index contributed by atoms with van der Waals surface area (Å²) in [6.45, 7) is 10.7. The van der Waals surface area contributed by atoms with Crippen LogP contribution in [0, 0.1) is 0 Å². The zero-order valence-electron chi connectivity index (χ0n) is 12.2. The van der Waals surface area contributed by atoms with Gasteiger partial charge in [0.15, 0.2) is 0 Å². The zero-order chi connectivity index (χ0) is 14.3. The van der Waals surface area contributed by atoms with Crippen LogP contribution in [-0.2, 0) is 5.41 Å². The summed E-state index contributed by atoms with van der Waals surface area (Å²) < 4.78 is 0. The first-order chi connectivity index (χ1) is 9.50. The lowest BCUT2D eigenvalue weighted by molar-refractivity contribution is 0.591. The highest BCUT2D eigenvalue weighted by atomic mass is 32.2. The second-order valence-electron chi connectivity index (χ2n) is 6.08. The Morgan fingerprint density at radius 2 is 1.85 bits per heavy atom. The van der Waals surface area contributed by atoms with Gasteiger partial charge in [-0.2, -0.15) is 0 Å². The number of rotatable bonds is 1. The van der Waals surface area contributed by atoms with E-state index in [2.05, 4.69) is 69.1 Å². The van der Waals surface area contributed by atoms with E-state index in [1.807, 2.05) is 17.8 Å². The van der Waals surface area contributed by atoms with Crippen molar-refractivity contribution in [3.63, 3.8) is 0 Å². The fraction of sp³-hybridized carbons (Fsp3) is 0.222. The van der Waals surface area contributed by atoms with Gasteiger partial charge >= 0.3 is 0 Å². The van der Waals surface area contributed by atoms with E-state index in [1.165, 1.54) is 32.3 Å². The van der Waals surface area contributed by atoms with Crippen LogP contribution in [-0.4, -0.2) is 0 Å². The molecule has 20 heavy (non-hydrogen) atoms. The van der Waals surface area contributed by atoms with Crippen LogP contribution in [0.15, 0.2) is 52.8 Å². The molecule has 0 radical (unpaired) electrons.